The van der Waals surface area contributed by atoms with E-state index in [-0.39, 0.29) is 17.0 Å². The second-order valence-corrected chi connectivity index (χ2v) is 6.95. The van der Waals surface area contributed by atoms with Crippen molar-refractivity contribution in [3.63, 3.8) is 0 Å². The zero-order valence-electron chi connectivity index (χ0n) is 12.8. The highest BCUT2D eigenvalue weighted by Crippen LogP contribution is 2.40. The fourth-order valence-electron chi connectivity index (χ4n) is 2.45. The average molecular weight is 254 g/mol. The Balaban J connectivity index is 2.65. The van der Waals surface area contributed by atoms with Crippen LogP contribution in [0.25, 0.3) is 0 Å². The second kappa shape index (κ2) is 6.08. The number of hydrogen-bond donors (Lipinski definition) is 0. The van der Waals surface area contributed by atoms with Crippen molar-refractivity contribution in [2.75, 3.05) is 0 Å². The molecule has 0 saturated heterocycles. The van der Waals surface area contributed by atoms with Crippen LogP contribution in [-0.4, -0.2) is 11.6 Å². The Kier molecular flexibility index (Phi) is 5.24. The highest BCUT2D eigenvalue weighted by Gasteiger charge is 2.40. The minimum Gasteiger partial charge on any atom is -0.459 e. The monoisotopic (exact) mass is 254 g/mol. The molecule has 18 heavy (non-hydrogen) atoms. The molecule has 1 aliphatic rings. The van der Waals surface area contributed by atoms with E-state index >= 15 is 0 Å². The van der Waals surface area contributed by atoms with Crippen LogP contribution in [0.3, 0.4) is 0 Å². The van der Waals surface area contributed by atoms with E-state index in [1.54, 1.807) is 0 Å². The van der Waals surface area contributed by atoms with Crippen molar-refractivity contribution in [1.29, 1.82) is 0 Å². The average Bonchev–Trinajstić information content (AvgIpc) is 2.75. The molecular formula is C16H30O2. The number of hydrogen-bond acceptors (Lipinski definition) is 2. The summed E-state index contributed by atoms with van der Waals surface area (Å²) in [5, 5.41) is 0. The molecule has 0 bridgehead atoms. The zero-order valence-corrected chi connectivity index (χ0v) is 12.8. The maximum Gasteiger partial charge on any atom is 0.312 e. The van der Waals surface area contributed by atoms with Crippen molar-refractivity contribution in [3.8, 4) is 0 Å². The molecule has 1 fully saturated rings. The van der Waals surface area contributed by atoms with Crippen LogP contribution < -0.4 is 0 Å². The molecule has 0 atom stereocenters. The molecule has 0 aromatic carbocycles. The molecule has 2 heteroatoms. The van der Waals surface area contributed by atoms with Crippen LogP contribution in [0.4, 0.5) is 0 Å². The van der Waals surface area contributed by atoms with Crippen LogP contribution in [0.2, 0.25) is 0 Å². The van der Waals surface area contributed by atoms with E-state index in [1.807, 2.05) is 13.8 Å². The molecule has 0 spiro atoms. The fraction of sp³-hybridized carbons (Fsp3) is 0.938. The van der Waals surface area contributed by atoms with Gasteiger partial charge in [0.1, 0.15) is 5.60 Å². The molecule has 0 N–H and O–H groups in total. The van der Waals surface area contributed by atoms with Gasteiger partial charge in [-0.25, -0.2) is 0 Å². The number of carbonyl (C=O) groups excluding carboxylic acids is 1. The molecule has 1 rings (SSSR count). The lowest BCUT2D eigenvalue weighted by molar-refractivity contribution is -0.171. The van der Waals surface area contributed by atoms with Gasteiger partial charge in [0.05, 0.1) is 5.41 Å². The summed E-state index contributed by atoms with van der Waals surface area (Å²) >= 11 is 0. The standard InChI is InChI=1S/C16H30O2/c1-6-15(4,5)14(17)18-16(10-7-8-11-16)12-9-13(2)3/h13H,6-12H2,1-5H3. The van der Waals surface area contributed by atoms with Crippen molar-refractivity contribution < 1.29 is 9.53 Å². The lowest BCUT2D eigenvalue weighted by atomic mass is 9.88. The Labute approximate surface area is 112 Å². The third-order valence-corrected chi connectivity index (χ3v) is 4.44. The van der Waals surface area contributed by atoms with Gasteiger partial charge in [0, 0.05) is 0 Å². The van der Waals surface area contributed by atoms with E-state index in [4.69, 9.17) is 4.74 Å². The van der Waals surface area contributed by atoms with Crippen molar-refractivity contribution in [2.24, 2.45) is 11.3 Å². The first kappa shape index (κ1) is 15.5. The summed E-state index contributed by atoms with van der Waals surface area (Å²) in [6.07, 6.45) is 7.56. The summed E-state index contributed by atoms with van der Waals surface area (Å²) in [6, 6.07) is 0. The molecule has 0 unspecified atom stereocenters. The third kappa shape index (κ3) is 4.00. The van der Waals surface area contributed by atoms with E-state index in [1.165, 1.54) is 12.8 Å². The Hall–Kier alpha value is -0.530. The van der Waals surface area contributed by atoms with E-state index in [0.29, 0.717) is 5.92 Å². The molecule has 1 aliphatic carbocycles. The number of carbonyl (C=O) groups is 1. The molecule has 1 saturated carbocycles. The van der Waals surface area contributed by atoms with Gasteiger partial charge >= 0.3 is 5.97 Å². The molecule has 0 aliphatic heterocycles. The van der Waals surface area contributed by atoms with Crippen molar-refractivity contribution in [3.05, 3.63) is 0 Å². The first-order valence-corrected chi connectivity index (χ1v) is 7.55. The third-order valence-electron chi connectivity index (χ3n) is 4.44. The van der Waals surface area contributed by atoms with Gasteiger partial charge in [0.15, 0.2) is 0 Å². The first-order valence-electron chi connectivity index (χ1n) is 7.55. The topological polar surface area (TPSA) is 26.3 Å². The van der Waals surface area contributed by atoms with Crippen LogP contribution in [0.1, 0.15) is 79.6 Å². The fourth-order valence-corrected chi connectivity index (χ4v) is 2.45. The maximum absolute atomic E-state index is 12.3. The molecule has 0 heterocycles. The summed E-state index contributed by atoms with van der Waals surface area (Å²) in [4.78, 5) is 12.3. The summed E-state index contributed by atoms with van der Waals surface area (Å²) in [7, 11) is 0. The summed E-state index contributed by atoms with van der Waals surface area (Å²) in [5.74, 6) is 0.677. The largest absolute Gasteiger partial charge is 0.459 e. The SMILES string of the molecule is CCC(C)(C)C(=O)OC1(CCC(C)C)CCCC1. The number of rotatable bonds is 6. The van der Waals surface area contributed by atoms with Gasteiger partial charge in [-0.3, -0.25) is 4.79 Å². The summed E-state index contributed by atoms with van der Waals surface area (Å²) in [5.41, 5.74) is -0.485. The predicted molar refractivity (Wildman–Crippen MR) is 75.4 cm³/mol. The number of esters is 1. The van der Waals surface area contributed by atoms with Gasteiger partial charge in [-0.1, -0.05) is 20.8 Å². The maximum atomic E-state index is 12.3. The first-order chi connectivity index (χ1) is 8.31. The van der Waals surface area contributed by atoms with E-state index in [9.17, 15) is 4.79 Å². The van der Waals surface area contributed by atoms with E-state index in [2.05, 4.69) is 20.8 Å². The molecule has 0 aromatic rings. The van der Waals surface area contributed by atoms with Gasteiger partial charge < -0.3 is 4.74 Å². The second-order valence-electron chi connectivity index (χ2n) is 6.95. The van der Waals surface area contributed by atoms with Crippen LogP contribution in [0.15, 0.2) is 0 Å². The lowest BCUT2D eigenvalue weighted by Crippen LogP contribution is -2.38. The predicted octanol–water partition coefficient (Wildman–Crippen LogP) is 4.71. The van der Waals surface area contributed by atoms with Gasteiger partial charge in [-0.15, -0.1) is 0 Å². The Bertz CT molecular complexity index is 273. The Morgan fingerprint density at radius 2 is 1.83 bits per heavy atom. The van der Waals surface area contributed by atoms with E-state index in [0.717, 1.165) is 32.1 Å². The molecule has 106 valence electrons. The quantitative estimate of drug-likeness (QED) is 0.641. The van der Waals surface area contributed by atoms with Gasteiger partial charge in [-0.2, -0.15) is 0 Å². The van der Waals surface area contributed by atoms with Gasteiger partial charge in [0.25, 0.3) is 0 Å². The van der Waals surface area contributed by atoms with Crippen molar-refractivity contribution in [2.45, 2.75) is 85.2 Å². The highest BCUT2D eigenvalue weighted by atomic mass is 16.6. The van der Waals surface area contributed by atoms with Crippen LogP contribution in [0.5, 0.6) is 0 Å². The van der Waals surface area contributed by atoms with E-state index < -0.39 is 0 Å². The minimum absolute atomic E-state index is 0.00402. The lowest BCUT2D eigenvalue weighted by Gasteiger charge is -2.33. The zero-order chi connectivity index (χ0) is 13.8. The highest BCUT2D eigenvalue weighted by molar-refractivity contribution is 5.76. The smallest absolute Gasteiger partial charge is 0.312 e. The summed E-state index contributed by atoms with van der Waals surface area (Å²) < 4.78 is 5.97. The van der Waals surface area contributed by atoms with Gasteiger partial charge in [-0.05, 0) is 64.7 Å². The molecule has 0 radical (unpaired) electrons. The van der Waals surface area contributed by atoms with Crippen LogP contribution in [0, 0.1) is 11.3 Å². The molecule has 2 nitrogen and oxygen atoms in total. The normalized spacial score (nSPS) is 19.2. The van der Waals surface area contributed by atoms with Crippen LogP contribution in [-0.2, 0) is 9.53 Å². The minimum atomic E-state index is -0.340. The van der Waals surface area contributed by atoms with Crippen molar-refractivity contribution >= 4 is 5.97 Å². The van der Waals surface area contributed by atoms with Gasteiger partial charge in [0.2, 0.25) is 0 Å². The Morgan fingerprint density at radius 1 is 1.28 bits per heavy atom. The number of ether oxygens (including phenoxy) is 1. The van der Waals surface area contributed by atoms with Crippen molar-refractivity contribution in [1.82, 2.24) is 0 Å². The molecular weight excluding hydrogens is 224 g/mol. The molecule has 0 aromatic heterocycles. The Morgan fingerprint density at radius 3 is 2.28 bits per heavy atom. The molecule has 0 amide bonds. The van der Waals surface area contributed by atoms with Crippen LogP contribution >= 0.6 is 0 Å². The summed E-state index contributed by atoms with van der Waals surface area (Å²) in [6.45, 7) is 10.5.